The van der Waals surface area contributed by atoms with E-state index in [1.165, 1.54) is 51.1 Å². The summed E-state index contributed by atoms with van der Waals surface area (Å²) in [5, 5.41) is 10.7. The van der Waals surface area contributed by atoms with Gasteiger partial charge in [0, 0.05) is 78.8 Å². The van der Waals surface area contributed by atoms with Gasteiger partial charge in [0.25, 0.3) is 0 Å². The van der Waals surface area contributed by atoms with Crippen LogP contribution in [0.4, 0.5) is 0 Å². The van der Waals surface area contributed by atoms with Crippen LogP contribution in [0.15, 0.2) is 170 Å². The number of pyridine rings is 1. The zero-order valence-corrected chi connectivity index (χ0v) is 31.4. The summed E-state index contributed by atoms with van der Waals surface area (Å²) in [6.07, 6.45) is 0. The first-order valence-electron chi connectivity index (χ1n) is 18.6. The molecule has 0 aliphatic rings. The van der Waals surface area contributed by atoms with Gasteiger partial charge in [0.1, 0.15) is 0 Å². The third-order valence-electron chi connectivity index (χ3n) is 10.9. The largest absolute Gasteiger partial charge is 0.247 e. The smallest absolute Gasteiger partial charge is 0.164 e. The number of hydrogen-bond acceptors (Lipinski definition) is 6. The lowest BCUT2D eigenvalue weighted by Crippen LogP contribution is -2.01. The van der Waals surface area contributed by atoms with Crippen molar-refractivity contribution < 1.29 is 0 Å². The number of rotatable bonds is 4. The van der Waals surface area contributed by atoms with Crippen molar-refractivity contribution in [3.05, 3.63) is 170 Å². The van der Waals surface area contributed by atoms with E-state index in [-0.39, 0.29) is 0 Å². The predicted molar refractivity (Wildman–Crippen MR) is 238 cm³/mol. The molecule has 0 bridgehead atoms. The van der Waals surface area contributed by atoms with E-state index in [4.69, 9.17) is 19.9 Å². The van der Waals surface area contributed by atoms with Gasteiger partial charge in [0.05, 0.1) is 11.2 Å². The Kier molecular flexibility index (Phi) is 6.93. The maximum Gasteiger partial charge on any atom is 0.164 e. The van der Waals surface area contributed by atoms with Gasteiger partial charge in [-0.25, -0.2) is 19.9 Å². The Morgan fingerprint density at radius 2 is 0.929 bits per heavy atom. The average Bonchev–Trinajstić information content (AvgIpc) is 3.84. The van der Waals surface area contributed by atoms with Gasteiger partial charge in [0.2, 0.25) is 0 Å². The molecule has 4 nitrogen and oxygen atoms in total. The van der Waals surface area contributed by atoms with E-state index in [0.717, 1.165) is 49.6 Å². The highest BCUT2D eigenvalue weighted by molar-refractivity contribution is 7.26. The Morgan fingerprint density at radius 3 is 1.73 bits per heavy atom. The molecule has 0 unspecified atom stereocenters. The summed E-state index contributed by atoms with van der Waals surface area (Å²) in [7, 11) is 0. The quantitative estimate of drug-likeness (QED) is 0.168. The molecule has 0 aliphatic carbocycles. The Bertz CT molecular complexity index is 3550. The van der Waals surface area contributed by atoms with Crippen molar-refractivity contribution in [2.75, 3.05) is 0 Å². The van der Waals surface area contributed by atoms with E-state index in [0.29, 0.717) is 17.5 Å². The highest BCUT2D eigenvalue weighted by Crippen LogP contribution is 2.44. The first kappa shape index (κ1) is 31.5. The van der Waals surface area contributed by atoms with Gasteiger partial charge in [-0.05, 0) is 47.2 Å². The van der Waals surface area contributed by atoms with Crippen molar-refractivity contribution in [3.63, 3.8) is 0 Å². The summed E-state index contributed by atoms with van der Waals surface area (Å²) in [6, 6.07) is 60.1. The summed E-state index contributed by atoms with van der Waals surface area (Å²) in [5.41, 5.74) is 5.77. The van der Waals surface area contributed by atoms with Crippen molar-refractivity contribution in [1.29, 1.82) is 0 Å². The van der Waals surface area contributed by atoms with Crippen molar-refractivity contribution in [2.45, 2.75) is 0 Å². The van der Waals surface area contributed by atoms with E-state index in [2.05, 4.69) is 170 Å². The zero-order chi connectivity index (χ0) is 36.7. The molecule has 4 heterocycles. The van der Waals surface area contributed by atoms with E-state index in [9.17, 15) is 0 Å². The molecule has 4 aromatic heterocycles. The predicted octanol–water partition coefficient (Wildman–Crippen LogP) is 14.1. The molecular formula is C50H28N4S2. The molecule has 12 aromatic rings. The molecule has 8 aromatic carbocycles. The van der Waals surface area contributed by atoms with E-state index in [1.807, 2.05) is 11.3 Å². The summed E-state index contributed by atoms with van der Waals surface area (Å²) >= 11 is 3.64. The standard InChI is InChI=1S/C50H28N4S2/c1-2-12-30(13-3-1)47-37-25-26-43-46(36-16-7-9-19-41(36)56-43)45(37)34-24-23-33(28-39(34)51-47)49-52-48(32-22-21-29-11-4-5-14-31(29)27-32)53-50(54-49)38-17-10-20-42-44(38)35-15-6-8-18-40(35)55-42/h1-28H. The molecule has 0 aliphatic heterocycles. The van der Waals surface area contributed by atoms with Gasteiger partial charge in [-0.2, -0.15) is 0 Å². The van der Waals surface area contributed by atoms with E-state index >= 15 is 0 Å². The highest BCUT2D eigenvalue weighted by Gasteiger charge is 2.20. The number of benzene rings is 8. The third kappa shape index (κ3) is 4.90. The van der Waals surface area contributed by atoms with Crippen LogP contribution < -0.4 is 0 Å². The fraction of sp³-hybridized carbons (Fsp3) is 0. The minimum absolute atomic E-state index is 0.610. The molecule has 6 heteroatoms. The Balaban J connectivity index is 1.14. The van der Waals surface area contributed by atoms with Crippen LogP contribution in [0.5, 0.6) is 0 Å². The maximum absolute atomic E-state index is 5.43. The topological polar surface area (TPSA) is 51.6 Å². The van der Waals surface area contributed by atoms with Gasteiger partial charge in [0.15, 0.2) is 17.5 Å². The van der Waals surface area contributed by atoms with Gasteiger partial charge in [-0.15, -0.1) is 22.7 Å². The number of hydrogen-bond donors (Lipinski definition) is 0. The van der Waals surface area contributed by atoms with Crippen LogP contribution in [0.25, 0.3) is 118 Å². The molecule has 12 rings (SSSR count). The normalized spacial score (nSPS) is 11.9. The lowest BCUT2D eigenvalue weighted by molar-refractivity contribution is 1.08. The molecule has 0 saturated heterocycles. The van der Waals surface area contributed by atoms with Crippen molar-refractivity contribution in [2.24, 2.45) is 0 Å². The minimum atomic E-state index is 0.610. The third-order valence-corrected chi connectivity index (χ3v) is 13.2. The van der Waals surface area contributed by atoms with Crippen molar-refractivity contribution in [1.82, 2.24) is 19.9 Å². The van der Waals surface area contributed by atoms with Crippen LogP contribution in [-0.4, -0.2) is 19.9 Å². The Morgan fingerprint density at radius 1 is 0.321 bits per heavy atom. The first-order chi connectivity index (χ1) is 27.7. The summed E-state index contributed by atoms with van der Waals surface area (Å²) in [5.74, 6) is 1.89. The number of thiophene rings is 2. The van der Waals surface area contributed by atoms with Gasteiger partial charge in [-0.3, -0.25) is 0 Å². The van der Waals surface area contributed by atoms with Gasteiger partial charge in [-0.1, -0.05) is 133 Å². The lowest BCUT2D eigenvalue weighted by Gasteiger charge is -2.13. The second-order valence-corrected chi connectivity index (χ2v) is 16.3. The summed E-state index contributed by atoms with van der Waals surface area (Å²) in [6.45, 7) is 0. The first-order valence-corrected chi connectivity index (χ1v) is 20.3. The van der Waals surface area contributed by atoms with Crippen molar-refractivity contribution in [3.8, 4) is 45.4 Å². The molecule has 0 spiro atoms. The molecule has 0 fully saturated rings. The number of nitrogens with zero attached hydrogens (tertiary/aromatic N) is 4. The highest BCUT2D eigenvalue weighted by atomic mass is 32.1. The minimum Gasteiger partial charge on any atom is -0.247 e. The molecule has 0 saturated carbocycles. The van der Waals surface area contributed by atoms with Crippen LogP contribution in [0.2, 0.25) is 0 Å². The molecule has 260 valence electrons. The molecule has 56 heavy (non-hydrogen) atoms. The van der Waals surface area contributed by atoms with E-state index in [1.54, 1.807) is 11.3 Å². The van der Waals surface area contributed by atoms with E-state index < -0.39 is 0 Å². The summed E-state index contributed by atoms with van der Waals surface area (Å²) < 4.78 is 5.01. The van der Waals surface area contributed by atoms with Crippen LogP contribution in [0.1, 0.15) is 0 Å². The van der Waals surface area contributed by atoms with Gasteiger partial charge >= 0.3 is 0 Å². The monoisotopic (exact) mass is 748 g/mol. The molecule has 0 radical (unpaired) electrons. The van der Waals surface area contributed by atoms with Crippen LogP contribution >= 0.6 is 22.7 Å². The van der Waals surface area contributed by atoms with Crippen LogP contribution in [0.3, 0.4) is 0 Å². The summed E-state index contributed by atoms with van der Waals surface area (Å²) in [4.78, 5) is 21.2. The second kappa shape index (κ2) is 12.3. The Labute approximate surface area is 329 Å². The SMILES string of the molecule is c1ccc(-c2nc3cc(-c4nc(-c5ccc6ccccc6c5)nc(-c5cccc6sc7ccccc7c56)n4)ccc3c3c2ccc2sc4ccccc4c23)cc1. The molecule has 0 amide bonds. The maximum atomic E-state index is 5.43. The fourth-order valence-electron chi connectivity index (χ4n) is 8.31. The Hall–Kier alpha value is -6.86. The van der Waals surface area contributed by atoms with Crippen LogP contribution in [0, 0.1) is 0 Å². The van der Waals surface area contributed by atoms with Crippen LogP contribution in [-0.2, 0) is 0 Å². The fourth-order valence-corrected chi connectivity index (χ4v) is 10.6. The molecule has 0 atom stereocenters. The molecular weight excluding hydrogens is 721 g/mol. The molecule has 0 N–H and O–H groups in total. The lowest BCUT2D eigenvalue weighted by atomic mass is 9.95. The van der Waals surface area contributed by atoms with Gasteiger partial charge < -0.3 is 0 Å². The zero-order valence-electron chi connectivity index (χ0n) is 29.8. The number of fused-ring (bicyclic) bond motifs is 11. The number of aromatic nitrogens is 4. The second-order valence-electron chi connectivity index (χ2n) is 14.2. The van der Waals surface area contributed by atoms with Crippen molar-refractivity contribution >= 4 is 95.5 Å². The average molecular weight is 749 g/mol.